The highest BCUT2D eigenvalue weighted by Gasteiger charge is 2.24. The molecule has 1 N–H and O–H groups in total. The lowest BCUT2D eigenvalue weighted by molar-refractivity contribution is -0.126. The predicted molar refractivity (Wildman–Crippen MR) is 70.0 cm³/mol. The average Bonchev–Trinajstić information content (AvgIpc) is 2.37. The van der Waals surface area contributed by atoms with E-state index in [9.17, 15) is 4.79 Å². The topological polar surface area (TPSA) is 54.9 Å². The van der Waals surface area contributed by atoms with Crippen molar-refractivity contribution in [3.63, 3.8) is 0 Å². The Labute approximate surface area is 112 Å². The highest BCUT2D eigenvalue weighted by atomic mass is 35.5. The zero-order valence-electron chi connectivity index (χ0n) is 10.5. The molecule has 0 aromatic carbocycles. The molecule has 1 aromatic rings. The summed E-state index contributed by atoms with van der Waals surface area (Å²) in [6.45, 7) is 2.56. The zero-order chi connectivity index (χ0) is 13.0. The quantitative estimate of drug-likeness (QED) is 0.916. The van der Waals surface area contributed by atoms with Gasteiger partial charge in [-0.2, -0.15) is 0 Å². The number of hydrogen-bond donors (Lipinski definition) is 1. The van der Waals surface area contributed by atoms with Crippen LogP contribution in [0.2, 0.25) is 5.15 Å². The average molecular weight is 268 g/mol. The Morgan fingerprint density at radius 2 is 2.22 bits per heavy atom. The highest BCUT2D eigenvalue weighted by Crippen LogP contribution is 2.28. The van der Waals surface area contributed by atoms with Crippen molar-refractivity contribution in [2.24, 2.45) is 11.8 Å². The van der Waals surface area contributed by atoms with Crippen molar-refractivity contribution in [1.82, 2.24) is 15.3 Å². The van der Waals surface area contributed by atoms with Gasteiger partial charge in [-0.15, -0.1) is 0 Å². The first-order valence-corrected chi connectivity index (χ1v) is 6.77. The molecule has 2 unspecified atom stereocenters. The van der Waals surface area contributed by atoms with Gasteiger partial charge in [-0.25, -0.2) is 4.98 Å². The lowest BCUT2D eigenvalue weighted by Crippen LogP contribution is -2.33. The number of nitrogens with one attached hydrogen (secondary N) is 1. The minimum atomic E-state index is 0.114. The molecule has 1 heterocycles. The normalized spacial score (nSPS) is 23.7. The Morgan fingerprint density at radius 1 is 1.44 bits per heavy atom. The zero-order valence-corrected chi connectivity index (χ0v) is 11.3. The Hall–Kier alpha value is -1.16. The second-order valence-corrected chi connectivity index (χ2v) is 5.34. The molecule has 98 valence electrons. The number of nitrogens with zero attached hydrogens (tertiary/aromatic N) is 2. The van der Waals surface area contributed by atoms with Crippen molar-refractivity contribution in [2.75, 3.05) is 0 Å². The molecule has 1 aromatic heterocycles. The van der Waals surface area contributed by atoms with Crippen LogP contribution in [0.25, 0.3) is 0 Å². The van der Waals surface area contributed by atoms with Crippen molar-refractivity contribution in [2.45, 2.75) is 39.2 Å². The highest BCUT2D eigenvalue weighted by molar-refractivity contribution is 6.29. The third-order valence-electron chi connectivity index (χ3n) is 3.46. The maximum absolute atomic E-state index is 12.0. The molecule has 2 rings (SSSR count). The number of amides is 1. The standard InChI is InChI=1S/C13H18ClN3O/c1-9-3-2-4-10(7-9)13(18)17-8-11-12(14)16-6-5-15-11/h5-6,9-10H,2-4,7-8H2,1H3,(H,17,18). The molecule has 1 fully saturated rings. The Morgan fingerprint density at radius 3 is 2.94 bits per heavy atom. The van der Waals surface area contributed by atoms with Gasteiger partial charge in [-0.05, 0) is 18.8 Å². The first-order valence-electron chi connectivity index (χ1n) is 6.40. The fraction of sp³-hybridized carbons (Fsp3) is 0.615. The van der Waals surface area contributed by atoms with E-state index in [1.165, 1.54) is 12.6 Å². The van der Waals surface area contributed by atoms with Crippen molar-refractivity contribution in [3.05, 3.63) is 23.2 Å². The van der Waals surface area contributed by atoms with Gasteiger partial charge in [-0.1, -0.05) is 31.4 Å². The molecule has 0 bridgehead atoms. The second kappa shape index (κ2) is 6.14. The van der Waals surface area contributed by atoms with E-state index in [0.29, 0.717) is 23.3 Å². The number of carbonyl (C=O) groups excluding carboxylic acids is 1. The number of carbonyl (C=O) groups is 1. The monoisotopic (exact) mass is 267 g/mol. The van der Waals surface area contributed by atoms with Crippen molar-refractivity contribution >= 4 is 17.5 Å². The van der Waals surface area contributed by atoms with Crippen LogP contribution in [0.5, 0.6) is 0 Å². The largest absolute Gasteiger partial charge is 0.350 e. The van der Waals surface area contributed by atoms with Crippen LogP contribution in [0, 0.1) is 11.8 Å². The molecule has 1 amide bonds. The summed E-state index contributed by atoms with van der Waals surface area (Å²) in [4.78, 5) is 20.1. The Kier molecular flexibility index (Phi) is 4.53. The fourth-order valence-electron chi connectivity index (χ4n) is 2.46. The molecule has 4 nitrogen and oxygen atoms in total. The second-order valence-electron chi connectivity index (χ2n) is 4.98. The molecule has 1 saturated carbocycles. The number of aromatic nitrogens is 2. The number of rotatable bonds is 3. The summed E-state index contributed by atoms with van der Waals surface area (Å²) < 4.78 is 0. The molecular weight excluding hydrogens is 250 g/mol. The predicted octanol–water partition coefficient (Wildman–Crippen LogP) is 2.57. The van der Waals surface area contributed by atoms with Gasteiger partial charge < -0.3 is 5.32 Å². The van der Waals surface area contributed by atoms with Crippen LogP contribution < -0.4 is 5.32 Å². The number of halogens is 1. The molecule has 1 aliphatic carbocycles. The minimum absolute atomic E-state index is 0.114. The molecule has 1 aliphatic rings. The molecular formula is C13H18ClN3O. The minimum Gasteiger partial charge on any atom is -0.350 e. The first kappa shape index (κ1) is 13.3. The molecule has 0 aliphatic heterocycles. The van der Waals surface area contributed by atoms with Crippen molar-refractivity contribution in [3.8, 4) is 0 Å². The van der Waals surface area contributed by atoms with E-state index in [1.54, 1.807) is 6.20 Å². The first-order chi connectivity index (χ1) is 8.66. The molecule has 18 heavy (non-hydrogen) atoms. The lowest BCUT2D eigenvalue weighted by Gasteiger charge is -2.25. The number of hydrogen-bond acceptors (Lipinski definition) is 3. The van der Waals surface area contributed by atoms with Crippen LogP contribution in [0.15, 0.2) is 12.4 Å². The molecule has 2 atom stereocenters. The third-order valence-corrected chi connectivity index (χ3v) is 3.78. The van der Waals surface area contributed by atoms with Crippen LogP contribution in [-0.2, 0) is 11.3 Å². The van der Waals surface area contributed by atoms with Crippen LogP contribution >= 0.6 is 11.6 Å². The van der Waals surface area contributed by atoms with E-state index in [-0.39, 0.29) is 11.8 Å². The Balaban J connectivity index is 1.86. The van der Waals surface area contributed by atoms with E-state index in [4.69, 9.17) is 11.6 Å². The molecule has 5 heteroatoms. The van der Waals surface area contributed by atoms with E-state index in [1.807, 2.05) is 0 Å². The van der Waals surface area contributed by atoms with E-state index >= 15 is 0 Å². The van der Waals surface area contributed by atoms with Gasteiger partial charge in [0.1, 0.15) is 0 Å². The van der Waals surface area contributed by atoms with E-state index in [0.717, 1.165) is 19.3 Å². The van der Waals surface area contributed by atoms with Gasteiger partial charge in [0.15, 0.2) is 5.15 Å². The SMILES string of the molecule is CC1CCCC(C(=O)NCc2nccnc2Cl)C1. The van der Waals surface area contributed by atoms with Gasteiger partial charge in [0.25, 0.3) is 0 Å². The van der Waals surface area contributed by atoms with Gasteiger partial charge in [0.2, 0.25) is 5.91 Å². The van der Waals surface area contributed by atoms with E-state index < -0.39 is 0 Å². The summed E-state index contributed by atoms with van der Waals surface area (Å²) in [5, 5.41) is 3.26. The maximum Gasteiger partial charge on any atom is 0.223 e. The molecule has 0 saturated heterocycles. The van der Waals surface area contributed by atoms with Crippen molar-refractivity contribution in [1.29, 1.82) is 0 Å². The Bertz CT molecular complexity index is 424. The molecule has 0 spiro atoms. The van der Waals surface area contributed by atoms with Crippen LogP contribution in [-0.4, -0.2) is 15.9 Å². The lowest BCUT2D eigenvalue weighted by atomic mass is 9.82. The smallest absolute Gasteiger partial charge is 0.223 e. The van der Waals surface area contributed by atoms with Crippen LogP contribution in [0.3, 0.4) is 0 Å². The summed E-state index contributed by atoms with van der Waals surface area (Å²) >= 11 is 5.89. The summed E-state index contributed by atoms with van der Waals surface area (Å²) in [6, 6.07) is 0. The van der Waals surface area contributed by atoms with Crippen LogP contribution in [0.1, 0.15) is 38.3 Å². The van der Waals surface area contributed by atoms with Crippen LogP contribution in [0.4, 0.5) is 0 Å². The van der Waals surface area contributed by atoms with Gasteiger partial charge in [-0.3, -0.25) is 9.78 Å². The fourth-order valence-corrected chi connectivity index (χ4v) is 2.63. The molecule has 0 radical (unpaired) electrons. The van der Waals surface area contributed by atoms with Gasteiger partial charge in [0, 0.05) is 18.3 Å². The van der Waals surface area contributed by atoms with E-state index in [2.05, 4.69) is 22.2 Å². The summed E-state index contributed by atoms with van der Waals surface area (Å²) in [5.41, 5.74) is 0.622. The summed E-state index contributed by atoms with van der Waals surface area (Å²) in [6.07, 6.45) is 7.47. The summed E-state index contributed by atoms with van der Waals surface area (Å²) in [7, 11) is 0. The van der Waals surface area contributed by atoms with Crippen molar-refractivity contribution < 1.29 is 4.79 Å². The van der Waals surface area contributed by atoms with Gasteiger partial charge >= 0.3 is 0 Å². The summed E-state index contributed by atoms with van der Waals surface area (Å²) in [5.74, 6) is 0.905. The third kappa shape index (κ3) is 3.42. The van der Waals surface area contributed by atoms with Gasteiger partial charge in [0.05, 0.1) is 12.2 Å². The maximum atomic E-state index is 12.0.